The van der Waals surface area contributed by atoms with E-state index >= 15 is 0 Å². The van der Waals surface area contributed by atoms with Gasteiger partial charge in [0, 0.05) is 12.1 Å². The van der Waals surface area contributed by atoms with E-state index in [9.17, 15) is 5.11 Å². The van der Waals surface area contributed by atoms with E-state index in [1.807, 2.05) is 26.0 Å². The number of rotatable bonds is 3. The lowest BCUT2D eigenvalue weighted by Crippen LogP contribution is -2.35. The molecule has 1 aromatic carbocycles. The van der Waals surface area contributed by atoms with E-state index in [0.29, 0.717) is 5.02 Å². The highest BCUT2D eigenvalue weighted by molar-refractivity contribution is 6.31. The molecule has 1 aromatic rings. The van der Waals surface area contributed by atoms with Crippen LogP contribution in [0.5, 0.6) is 0 Å². The molecule has 84 valence electrons. The summed E-state index contributed by atoms with van der Waals surface area (Å²) < 4.78 is 5.15. The van der Waals surface area contributed by atoms with Crippen molar-refractivity contribution >= 4 is 11.6 Å². The largest absolute Gasteiger partial charge is 0.383 e. The molecule has 2 atom stereocenters. The van der Waals surface area contributed by atoms with Crippen LogP contribution in [0, 0.1) is 6.92 Å². The van der Waals surface area contributed by atoms with Crippen molar-refractivity contribution in [1.82, 2.24) is 0 Å². The van der Waals surface area contributed by atoms with Crippen LogP contribution in [0.3, 0.4) is 0 Å². The van der Waals surface area contributed by atoms with Gasteiger partial charge in [-0.05, 0) is 38.0 Å². The molecular weight excluding hydrogens is 212 g/mol. The number of aliphatic hydroxyl groups is 1. The highest BCUT2D eigenvalue weighted by Gasteiger charge is 2.30. The zero-order chi connectivity index (χ0) is 11.6. The zero-order valence-corrected chi connectivity index (χ0v) is 10.3. The Balaban J connectivity index is 3.10. The average molecular weight is 229 g/mol. The first-order valence-corrected chi connectivity index (χ1v) is 5.29. The van der Waals surface area contributed by atoms with Crippen LogP contribution in [-0.2, 0) is 10.3 Å². The van der Waals surface area contributed by atoms with Gasteiger partial charge in [-0.1, -0.05) is 23.7 Å². The summed E-state index contributed by atoms with van der Waals surface area (Å²) in [7, 11) is 1.58. The van der Waals surface area contributed by atoms with Gasteiger partial charge < -0.3 is 9.84 Å². The van der Waals surface area contributed by atoms with Crippen LogP contribution in [0.4, 0.5) is 0 Å². The van der Waals surface area contributed by atoms with E-state index in [-0.39, 0.29) is 6.10 Å². The van der Waals surface area contributed by atoms with Crippen molar-refractivity contribution in [1.29, 1.82) is 0 Å². The molecule has 2 unspecified atom stereocenters. The molecule has 0 fully saturated rings. The summed E-state index contributed by atoms with van der Waals surface area (Å²) in [5.74, 6) is 0. The minimum atomic E-state index is -1.02. The standard InChI is InChI=1S/C12H17ClO2/c1-8-5-6-10(7-11(8)13)12(3,14)9(2)15-4/h5-7,9,14H,1-4H3. The molecule has 0 spiro atoms. The third-order valence-electron chi connectivity index (χ3n) is 2.90. The molecule has 0 aliphatic carbocycles. The summed E-state index contributed by atoms with van der Waals surface area (Å²) in [5.41, 5.74) is 0.750. The lowest BCUT2D eigenvalue weighted by atomic mass is 9.90. The second-order valence-electron chi connectivity index (χ2n) is 3.99. The molecule has 0 aromatic heterocycles. The number of hydrogen-bond acceptors (Lipinski definition) is 2. The Morgan fingerprint density at radius 1 is 1.47 bits per heavy atom. The van der Waals surface area contributed by atoms with Gasteiger partial charge >= 0.3 is 0 Å². The molecule has 1 N–H and O–H groups in total. The Hall–Kier alpha value is -0.570. The van der Waals surface area contributed by atoms with Gasteiger partial charge in [0.25, 0.3) is 0 Å². The zero-order valence-electron chi connectivity index (χ0n) is 9.54. The average Bonchev–Trinajstić information content (AvgIpc) is 2.20. The van der Waals surface area contributed by atoms with Crippen molar-refractivity contribution in [3.63, 3.8) is 0 Å². The number of aryl methyl sites for hydroxylation is 1. The summed E-state index contributed by atoms with van der Waals surface area (Å²) in [6.45, 7) is 5.48. The number of ether oxygens (including phenoxy) is 1. The van der Waals surface area contributed by atoms with Crippen LogP contribution >= 0.6 is 11.6 Å². The van der Waals surface area contributed by atoms with Gasteiger partial charge in [0.2, 0.25) is 0 Å². The van der Waals surface area contributed by atoms with Gasteiger partial charge in [-0.2, -0.15) is 0 Å². The molecule has 0 saturated carbocycles. The minimum Gasteiger partial charge on any atom is -0.383 e. The predicted molar refractivity (Wildman–Crippen MR) is 62.2 cm³/mol. The quantitative estimate of drug-likeness (QED) is 0.862. The molecule has 0 amide bonds. The van der Waals surface area contributed by atoms with Gasteiger partial charge in [-0.15, -0.1) is 0 Å². The summed E-state index contributed by atoms with van der Waals surface area (Å²) in [4.78, 5) is 0. The van der Waals surface area contributed by atoms with Crippen molar-refractivity contribution in [2.45, 2.75) is 32.5 Å². The first-order chi connectivity index (χ1) is 6.89. The van der Waals surface area contributed by atoms with E-state index in [0.717, 1.165) is 11.1 Å². The minimum absolute atomic E-state index is 0.281. The SMILES string of the molecule is COC(C)C(C)(O)c1ccc(C)c(Cl)c1. The Kier molecular flexibility index (Phi) is 3.77. The lowest BCUT2D eigenvalue weighted by Gasteiger charge is -2.30. The van der Waals surface area contributed by atoms with Crippen LogP contribution in [0.25, 0.3) is 0 Å². The van der Waals surface area contributed by atoms with Crippen molar-refractivity contribution in [3.8, 4) is 0 Å². The third-order valence-corrected chi connectivity index (χ3v) is 3.31. The maximum atomic E-state index is 10.3. The summed E-state index contributed by atoms with van der Waals surface area (Å²) in [6, 6.07) is 5.55. The normalized spacial score (nSPS) is 17.2. The third kappa shape index (κ3) is 2.51. The molecule has 0 radical (unpaired) electrons. The highest BCUT2D eigenvalue weighted by Crippen LogP contribution is 2.29. The lowest BCUT2D eigenvalue weighted by molar-refractivity contribution is -0.0771. The van der Waals surface area contributed by atoms with Gasteiger partial charge in [-0.3, -0.25) is 0 Å². The fourth-order valence-corrected chi connectivity index (χ4v) is 1.55. The smallest absolute Gasteiger partial charge is 0.113 e. The highest BCUT2D eigenvalue weighted by atomic mass is 35.5. The van der Waals surface area contributed by atoms with Gasteiger partial charge in [0.05, 0.1) is 6.10 Å². The van der Waals surface area contributed by atoms with E-state index in [1.165, 1.54) is 0 Å². The monoisotopic (exact) mass is 228 g/mol. The fraction of sp³-hybridized carbons (Fsp3) is 0.500. The number of benzene rings is 1. The Labute approximate surface area is 95.8 Å². The van der Waals surface area contributed by atoms with Crippen LogP contribution in [0.1, 0.15) is 25.0 Å². The molecule has 0 heterocycles. The number of halogens is 1. The van der Waals surface area contributed by atoms with Crippen molar-refractivity contribution in [3.05, 3.63) is 34.3 Å². The van der Waals surface area contributed by atoms with Crippen LogP contribution in [0.15, 0.2) is 18.2 Å². The molecule has 0 bridgehead atoms. The predicted octanol–water partition coefficient (Wildman–Crippen LogP) is 2.89. The second kappa shape index (κ2) is 4.52. The summed E-state index contributed by atoms with van der Waals surface area (Å²) >= 11 is 6.02. The van der Waals surface area contributed by atoms with Gasteiger partial charge in [-0.25, -0.2) is 0 Å². The molecule has 3 heteroatoms. The topological polar surface area (TPSA) is 29.5 Å². The number of hydrogen-bond donors (Lipinski definition) is 1. The Morgan fingerprint density at radius 3 is 2.53 bits per heavy atom. The van der Waals surface area contributed by atoms with Crippen molar-refractivity contribution in [2.75, 3.05) is 7.11 Å². The molecular formula is C12H17ClO2. The maximum Gasteiger partial charge on any atom is 0.113 e. The molecule has 1 rings (SSSR count). The second-order valence-corrected chi connectivity index (χ2v) is 4.40. The molecule has 0 aliphatic heterocycles. The molecule has 0 aliphatic rings. The van der Waals surface area contributed by atoms with Crippen molar-refractivity contribution < 1.29 is 9.84 Å². The van der Waals surface area contributed by atoms with Crippen LogP contribution in [0.2, 0.25) is 5.02 Å². The summed E-state index contributed by atoms with van der Waals surface area (Å²) in [6.07, 6.45) is -0.281. The van der Waals surface area contributed by atoms with Crippen molar-refractivity contribution in [2.24, 2.45) is 0 Å². The Bertz CT molecular complexity index is 347. The van der Waals surface area contributed by atoms with E-state index in [1.54, 1.807) is 20.1 Å². The van der Waals surface area contributed by atoms with E-state index in [2.05, 4.69) is 0 Å². The molecule has 0 saturated heterocycles. The van der Waals surface area contributed by atoms with E-state index < -0.39 is 5.60 Å². The Morgan fingerprint density at radius 2 is 2.07 bits per heavy atom. The number of methoxy groups -OCH3 is 1. The van der Waals surface area contributed by atoms with Gasteiger partial charge in [0.15, 0.2) is 0 Å². The van der Waals surface area contributed by atoms with Crippen LogP contribution in [-0.4, -0.2) is 18.3 Å². The first-order valence-electron chi connectivity index (χ1n) is 4.91. The molecule has 2 nitrogen and oxygen atoms in total. The maximum absolute atomic E-state index is 10.3. The molecule has 15 heavy (non-hydrogen) atoms. The van der Waals surface area contributed by atoms with Gasteiger partial charge in [0.1, 0.15) is 5.60 Å². The summed E-state index contributed by atoms with van der Waals surface area (Å²) in [5, 5.41) is 10.9. The van der Waals surface area contributed by atoms with E-state index in [4.69, 9.17) is 16.3 Å². The first kappa shape index (κ1) is 12.5. The fourth-order valence-electron chi connectivity index (χ4n) is 1.37. The van der Waals surface area contributed by atoms with Crippen LogP contribution < -0.4 is 0 Å².